The lowest BCUT2D eigenvalue weighted by Crippen LogP contribution is -2.37. The molecule has 2 heteroatoms. The molecule has 0 aromatic rings. The first-order valence-corrected chi connectivity index (χ1v) is 5.30. The van der Waals surface area contributed by atoms with Crippen LogP contribution < -0.4 is 0 Å². The Bertz CT molecular complexity index is 240. The van der Waals surface area contributed by atoms with Crippen molar-refractivity contribution in [1.82, 2.24) is 5.01 Å². The van der Waals surface area contributed by atoms with Gasteiger partial charge in [0.05, 0.1) is 11.8 Å². The molecule has 0 N–H and O–H groups in total. The molecule has 2 rings (SSSR count). The molecule has 0 aliphatic carbocycles. The molecule has 0 bridgehead atoms. The summed E-state index contributed by atoms with van der Waals surface area (Å²) in [5, 5.41) is 6.93. The number of hydrogen-bond acceptors (Lipinski definition) is 2. The molecule has 2 aliphatic heterocycles. The topological polar surface area (TPSA) is 15.6 Å². The SMILES string of the molecule is CC(C)C1=NN2CCCCC2C=C1. The predicted molar refractivity (Wildman–Crippen MR) is 55.8 cm³/mol. The van der Waals surface area contributed by atoms with Gasteiger partial charge in [-0.15, -0.1) is 0 Å². The Labute approximate surface area is 80.3 Å². The van der Waals surface area contributed by atoms with Crippen LogP contribution in [0.4, 0.5) is 0 Å². The normalized spacial score (nSPS) is 27.5. The number of piperidine rings is 1. The zero-order valence-corrected chi connectivity index (χ0v) is 8.53. The van der Waals surface area contributed by atoms with E-state index in [0.717, 1.165) is 6.54 Å². The summed E-state index contributed by atoms with van der Waals surface area (Å²) in [4.78, 5) is 0. The van der Waals surface area contributed by atoms with Crippen LogP contribution in [0, 0.1) is 5.92 Å². The average Bonchev–Trinajstić information content (AvgIpc) is 2.17. The summed E-state index contributed by atoms with van der Waals surface area (Å²) < 4.78 is 0. The van der Waals surface area contributed by atoms with Crippen molar-refractivity contribution in [1.29, 1.82) is 0 Å². The van der Waals surface area contributed by atoms with Crippen LogP contribution >= 0.6 is 0 Å². The fourth-order valence-electron chi connectivity index (χ4n) is 1.96. The molecule has 0 spiro atoms. The van der Waals surface area contributed by atoms with E-state index in [1.807, 2.05) is 0 Å². The highest BCUT2D eigenvalue weighted by Gasteiger charge is 2.22. The van der Waals surface area contributed by atoms with Crippen molar-refractivity contribution in [2.24, 2.45) is 11.0 Å². The van der Waals surface area contributed by atoms with Gasteiger partial charge in [-0.1, -0.05) is 19.9 Å². The first-order chi connectivity index (χ1) is 6.27. The van der Waals surface area contributed by atoms with Crippen LogP contribution in [-0.4, -0.2) is 23.3 Å². The van der Waals surface area contributed by atoms with Crippen LogP contribution in [0.3, 0.4) is 0 Å². The van der Waals surface area contributed by atoms with Crippen LogP contribution in [0.5, 0.6) is 0 Å². The number of hydrogen-bond donors (Lipinski definition) is 0. The van der Waals surface area contributed by atoms with Crippen LogP contribution in [0.2, 0.25) is 0 Å². The van der Waals surface area contributed by atoms with Crippen molar-refractivity contribution in [2.75, 3.05) is 6.54 Å². The van der Waals surface area contributed by atoms with Gasteiger partial charge in [0.1, 0.15) is 0 Å². The van der Waals surface area contributed by atoms with Crippen molar-refractivity contribution in [2.45, 2.75) is 39.2 Å². The first kappa shape index (κ1) is 8.79. The fraction of sp³-hybridized carbons (Fsp3) is 0.727. The van der Waals surface area contributed by atoms with Gasteiger partial charge in [-0.3, -0.25) is 5.01 Å². The summed E-state index contributed by atoms with van der Waals surface area (Å²) in [5.41, 5.74) is 1.23. The van der Waals surface area contributed by atoms with Crippen molar-refractivity contribution in [3.8, 4) is 0 Å². The molecule has 0 amide bonds. The average molecular weight is 178 g/mol. The van der Waals surface area contributed by atoms with E-state index in [2.05, 4.69) is 36.1 Å². The quantitative estimate of drug-likeness (QED) is 0.602. The van der Waals surface area contributed by atoms with E-state index in [4.69, 9.17) is 0 Å². The van der Waals surface area contributed by atoms with E-state index >= 15 is 0 Å². The Morgan fingerprint density at radius 2 is 2.31 bits per heavy atom. The summed E-state index contributed by atoms with van der Waals surface area (Å²) in [6.45, 7) is 5.55. The molecule has 1 fully saturated rings. The molecular formula is C11H18N2. The van der Waals surface area contributed by atoms with Crippen LogP contribution in [0.25, 0.3) is 0 Å². The predicted octanol–water partition coefficient (Wildman–Crippen LogP) is 2.42. The molecule has 1 unspecified atom stereocenters. The van der Waals surface area contributed by atoms with Crippen molar-refractivity contribution in [3.05, 3.63) is 12.2 Å². The molecule has 1 saturated heterocycles. The van der Waals surface area contributed by atoms with Gasteiger partial charge >= 0.3 is 0 Å². The van der Waals surface area contributed by atoms with Crippen LogP contribution in [-0.2, 0) is 0 Å². The zero-order chi connectivity index (χ0) is 9.26. The lowest BCUT2D eigenvalue weighted by Gasteiger charge is -2.34. The maximum absolute atomic E-state index is 4.67. The van der Waals surface area contributed by atoms with E-state index in [-0.39, 0.29) is 0 Å². The van der Waals surface area contributed by atoms with Gasteiger partial charge < -0.3 is 0 Å². The molecule has 0 aromatic heterocycles. The van der Waals surface area contributed by atoms with Crippen LogP contribution in [0.15, 0.2) is 17.3 Å². The summed E-state index contributed by atoms with van der Waals surface area (Å²) in [7, 11) is 0. The summed E-state index contributed by atoms with van der Waals surface area (Å²) in [6, 6.07) is 0.594. The van der Waals surface area contributed by atoms with Gasteiger partial charge in [-0.2, -0.15) is 5.10 Å². The van der Waals surface area contributed by atoms with Gasteiger partial charge in [-0.25, -0.2) is 0 Å². The Hall–Kier alpha value is -0.790. The highest BCUT2D eigenvalue weighted by Crippen LogP contribution is 2.22. The van der Waals surface area contributed by atoms with Crippen molar-refractivity contribution in [3.63, 3.8) is 0 Å². The summed E-state index contributed by atoms with van der Waals surface area (Å²) >= 11 is 0. The Balaban J connectivity index is 2.11. The van der Waals surface area contributed by atoms with Gasteiger partial charge in [-0.05, 0) is 31.3 Å². The second-order valence-corrected chi connectivity index (χ2v) is 4.26. The molecule has 2 aliphatic rings. The zero-order valence-electron chi connectivity index (χ0n) is 8.53. The number of hydrazone groups is 1. The lowest BCUT2D eigenvalue weighted by atomic mass is 9.99. The third-order valence-corrected chi connectivity index (χ3v) is 2.84. The molecule has 2 heterocycles. The highest BCUT2D eigenvalue weighted by molar-refractivity contribution is 5.96. The second kappa shape index (κ2) is 3.52. The van der Waals surface area contributed by atoms with Gasteiger partial charge in [0.25, 0.3) is 0 Å². The van der Waals surface area contributed by atoms with E-state index in [1.165, 1.54) is 25.0 Å². The van der Waals surface area contributed by atoms with Crippen molar-refractivity contribution >= 4 is 5.71 Å². The van der Waals surface area contributed by atoms with E-state index in [1.54, 1.807) is 0 Å². The molecule has 72 valence electrons. The van der Waals surface area contributed by atoms with Crippen molar-refractivity contribution < 1.29 is 0 Å². The molecule has 0 aromatic carbocycles. The number of allylic oxidation sites excluding steroid dienone is 1. The Morgan fingerprint density at radius 1 is 1.46 bits per heavy atom. The Kier molecular flexibility index (Phi) is 2.38. The second-order valence-electron chi connectivity index (χ2n) is 4.26. The first-order valence-electron chi connectivity index (χ1n) is 5.30. The van der Waals surface area contributed by atoms with E-state index in [9.17, 15) is 0 Å². The molecule has 0 saturated carbocycles. The molecule has 13 heavy (non-hydrogen) atoms. The molecule has 1 atom stereocenters. The minimum absolute atomic E-state index is 0.555. The van der Waals surface area contributed by atoms with E-state index < -0.39 is 0 Å². The highest BCUT2D eigenvalue weighted by atomic mass is 15.5. The standard InChI is InChI=1S/C11H18N2/c1-9(2)11-7-6-10-5-3-4-8-13(10)12-11/h6-7,9-10H,3-5,8H2,1-2H3. The molecular weight excluding hydrogens is 160 g/mol. The van der Waals surface area contributed by atoms with Gasteiger partial charge in [0.2, 0.25) is 0 Å². The third-order valence-electron chi connectivity index (χ3n) is 2.84. The summed E-state index contributed by atoms with van der Waals surface area (Å²) in [6.07, 6.45) is 8.47. The minimum atomic E-state index is 0.555. The number of nitrogens with zero attached hydrogens (tertiary/aromatic N) is 2. The smallest absolute Gasteiger partial charge is 0.0654 e. The summed E-state index contributed by atoms with van der Waals surface area (Å²) in [5.74, 6) is 0.555. The van der Waals surface area contributed by atoms with E-state index in [0.29, 0.717) is 12.0 Å². The Morgan fingerprint density at radius 3 is 3.08 bits per heavy atom. The monoisotopic (exact) mass is 178 g/mol. The van der Waals surface area contributed by atoms with Gasteiger partial charge in [0.15, 0.2) is 0 Å². The van der Waals surface area contributed by atoms with Gasteiger partial charge in [0, 0.05) is 6.54 Å². The van der Waals surface area contributed by atoms with Crippen LogP contribution in [0.1, 0.15) is 33.1 Å². The third kappa shape index (κ3) is 1.77. The number of fused-ring (bicyclic) bond motifs is 1. The lowest BCUT2D eigenvalue weighted by molar-refractivity contribution is 0.184. The minimum Gasteiger partial charge on any atom is -0.290 e. The maximum atomic E-state index is 4.67. The molecule has 2 nitrogen and oxygen atoms in total. The number of rotatable bonds is 1. The fourth-order valence-corrected chi connectivity index (χ4v) is 1.96. The largest absolute Gasteiger partial charge is 0.290 e. The molecule has 0 radical (unpaired) electrons. The maximum Gasteiger partial charge on any atom is 0.0654 e.